The summed E-state index contributed by atoms with van der Waals surface area (Å²) in [6.07, 6.45) is 2.00. The van der Waals surface area contributed by atoms with E-state index in [1.54, 1.807) is 18.2 Å². The van der Waals surface area contributed by atoms with E-state index in [2.05, 4.69) is 60.2 Å². The molecule has 2 aromatic rings. The fourth-order valence-electron chi connectivity index (χ4n) is 4.26. The van der Waals surface area contributed by atoms with Crippen molar-refractivity contribution >= 4 is 23.2 Å². The van der Waals surface area contributed by atoms with Crippen LogP contribution in [0.5, 0.6) is 0 Å². The van der Waals surface area contributed by atoms with E-state index >= 15 is 0 Å². The first-order chi connectivity index (χ1) is 17.4. The van der Waals surface area contributed by atoms with Gasteiger partial charge in [0, 0.05) is 44.0 Å². The lowest BCUT2D eigenvalue weighted by molar-refractivity contribution is 0.0954. The number of hydrogen-bond acceptors (Lipinski definition) is 6. The molecule has 0 aliphatic carbocycles. The molecule has 0 fully saturated rings. The van der Waals surface area contributed by atoms with Crippen molar-refractivity contribution in [3.8, 4) is 0 Å². The van der Waals surface area contributed by atoms with Gasteiger partial charge in [0.05, 0.1) is 11.3 Å². The van der Waals surface area contributed by atoms with E-state index in [4.69, 9.17) is 5.84 Å². The number of carbonyl (C=O) groups excluding carboxylic acids is 2. The van der Waals surface area contributed by atoms with Crippen LogP contribution in [0.15, 0.2) is 42.5 Å². The Hall–Kier alpha value is -2.94. The van der Waals surface area contributed by atoms with Crippen molar-refractivity contribution in [3.63, 3.8) is 0 Å². The second-order valence-corrected chi connectivity index (χ2v) is 9.11. The van der Waals surface area contributed by atoms with Gasteiger partial charge in [-0.2, -0.15) is 0 Å². The number of nitrogen functional groups attached to an aromatic ring is 1. The number of rotatable bonds is 15. The van der Waals surface area contributed by atoms with Crippen LogP contribution in [0.3, 0.4) is 0 Å². The average Bonchev–Trinajstić information content (AvgIpc) is 2.89. The number of nitrogens with two attached hydrogens (primary N) is 1. The number of nitrogens with zero attached hydrogens (tertiary/aromatic N) is 3. The first-order valence-electron chi connectivity index (χ1n) is 13.1. The number of hydrogen-bond donors (Lipinski definition) is 3. The van der Waals surface area contributed by atoms with E-state index in [-0.39, 0.29) is 5.91 Å². The predicted octanol–water partition coefficient (Wildman–Crippen LogP) is 3.94. The monoisotopic (exact) mass is 496 g/mol. The molecule has 2 aromatic carbocycles. The molecule has 0 spiro atoms. The molecule has 0 aliphatic heterocycles. The Balaban J connectivity index is 2.17. The molecule has 36 heavy (non-hydrogen) atoms. The fraction of sp³-hybridized carbons (Fsp3) is 0.500. The minimum Gasteiger partial charge on any atom is -0.372 e. The maximum absolute atomic E-state index is 13.1. The smallest absolute Gasteiger partial charge is 0.267 e. The molecule has 0 unspecified atom stereocenters. The van der Waals surface area contributed by atoms with E-state index in [0.29, 0.717) is 16.8 Å². The molecule has 0 heterocycles. The SMILES string of the molecule is CCCN(CCC)c1ccc(NC(=O)c2cccc(CN(C)CCN(CC)CC)c2)c(C(=O)NN)c1. The molecule has 198 valence electrons. The molecule has 8 heteroatoms. The van der Waals surface area contributed by atoms with Gasteiger partial charge in [-0.15, -0.1) is 0 Å². The van der Waals surface area contributed by atoms with Gasteiger partial charge in [0.2, 0.25) is 0 Å². The van der Waals surface area contributed by atoms with Crippen LogP contribution in [0.25, 0.3) is 0 Å². The molecule has 2 rings (SSSR count). The Morgan fingerprint density at radius 1 is 0.861 bits per heavy atom. The molecular formula is C28H44N6O2. The predicted molar refractivity (Wildman–Crippen MR) is 149 cm³/mol. The molecule has 8 nitrogen and oxygen atoms in total. The zero-order valence-electron chi connectivity index (χ0n) is 22.6. The van der Waals surface area contributed by atoms with Gasteiger partial charge in [-0.25, -0.2) is 5.84 Å². The largest absolute Gasteiger partial charge is 0.372 e. The summed E-state index contributed by atoms with van der Waals surface area (Å²) in [5, 5.41) is 2.91. The van der Waals surface area contributed by atoms with Crippen molar-refractivity contribution in [1.82, 2.24) is 15.2 Å². The number of hydrazine groups is 1. The van der Waals surface area contributed by atoms with Crippen LogP contribution < -0.4 is 21.5 Å². The number of benzene rings is 2. The van der Waals surface area contributed by atoms with Crippen LogP contribution >= 0.6 is 0 Å². The Morgan fingerprint density at radius 2 is 1.56 bits per heavy atom. The minimum absolute atomic E-state index is 0.263. The fourth-order valence-corrected chi connectivity index (χ4v) is 4.26. The third-order valence-electron chi connectivity index (χ3n) is 6.31. The van der Waals surface area contributed by atoms with Crippen molar-refractivity contribution in [3.05, 3.63) is 59.2 Å². The van der Waals surface area contributed by atoms with Crippen molar-refractivity contribution in [1.29, 1.82) is 0 Å². The number of carbonyl (C=O) groups is 2. The molecule has 2 amide bonds. The lowest BCUT2D eigenvalue weighted by atomic mass is 10.1. The van der Waals surface area contributed by atoms with Crippen LogP contribution in [0.4, 0.5) is 11.4 Å². The Labute approximate surface area is 216 Å². The second-order valence-electron chi connectivity index (χ2n) is 9.11. The first-order valence-corrected chi connectivity index (χ1v) is 13.1. The van der Waals surface area contributed by atoms with Crippen LogP contribution in [0, 0.1) is 0 Å². The minimum atomic E-state index is -0.441. The van der Waals surface area contributed by atoms with E-state index in [1.807, 2.05) is 24.3 Å². The Bertz CT molecular complexity index is 970. The maximum atomic E-state index is 13.1. The molecule has 0 atom stereocenters. The van der Waals surface area contributed by atoms with Crippen LogP contribution in [-0.2, 0) is 6.54 Å². The summed E-state index contributed by atoms with van der Waals surface area (Å²) in [4.78, 5) is 32.6. The van der Waals surface area contributed by atoms with Crippen LogP contribution in [0.2, 0.25) is 0 Å². The maximum Gasteiger partial charge on any atom is 0.267 e. The normalized spacial score (nSPS) is 11.1. The quantitative estimate of drug-likeness (QED) is 0.196. The van der Waals surface area contributed by atoms with Gasteiger partial charge >= 0.3 is 0 Å². The van der Waals surface area contributed by atoms with Crippen LogP contribution in [0.1, 0.15) is 66.8 Å². The van der Waals surface area contributed by atoms with Gasteiger partial charge in [-0.3, -0.25) is 15.0 Å². The highest BCUT2D eigenvalue weighted by atomic mass is 16.2. The molecule has 4 N–H and O–H groups in total. The number of likely N-dealkylation sites (N-methyl/N-ethyl adjacent to an activating group) is 2. The second kappa shape index (κ2) is 15.2. The number of anilines is 2. The lowest BCUT2D eigenvalue weighted by Gasteiger charge is -2.25. The molecule has 0 aromatic heterocycles. The van der Waals surface area contributed by atoms with Gasteiger partial charge in [0.15, 0.2) is 0 Å². The summed E-state index contributed by atoms with van der Waals surface area (Å²) >= 11 is 0. The van der Waals surface area contributed by atoms with E-state index in [9.17, 15) is 9.59 Å². The summed E-state index contributed by atoms with van der Waals surface area (Å²) < 4.78 is 0. The topological polar surface area (TPSA) is 93.9 Å². The lowest BCUT2D eigenvalue weighted by Crippen LogP contribution is -2.32. The van der Waals surface area contributed by atoms with Crippen molar-refractivity contribution in [2.75, 3.05) is 56.5 Å². The highest BCUT2D eigenvalue weighted by Gasteiger charge is 2.17. The molecule has 0 bridgehead atoms. The Kier molecular flexibility index (Phi) is 12.4. The highest BCUT2D eigenvalue weighted by molar-refractivity contribution is 6.09. The molecular weight excluding hydrogens is 452 g/mol. The average molecular weight is 497 g/mol. The van der Waals surface area contributed by atoms with Crippen LogP contribution in [-0.4, -0.2) is 67.9 Å². The molecule has 0 saturated carbocycles. The third-order valence-corrected chi connectivity index (χ3v) is 6.31. The van der Waals surface area contributed by atoms with Gasteiger partial charge in [-0.05, 0) is 68.9 Å². The molecule has 0 aliphatic rings. The third kappa shape index (κ3) is 8.62. The highest BCUT2D eigenvalue weighted by Crippen LogP contribution is 2.25. The van der Waals surface area contributed by atoms with Gasteiger partial charge < -0.3 is 20.0 Å². The van der Waals surface area contributed by atoms with E-state index < -0.39 is 5.91 Å². The summed E-state index contributed by atoms with van der Waals surface area (Å²) in [5.74, 6) is 4.75. The Morgan fingerprint density at radius 3 is 2.17 bits per heavy atom. The standard InChI is InChI=1S/C28H44N6O2/c1-6-15-34(16-7-2)24-13-14-26(25(20-24)28(36)31-29)30-27(35)23-12-10-11-22(19-23)21-32(5)17-18-33(8-3)9-4/h10-14,19-20H,6-9,15-18,21,29H2,1-5H3,(H,30,35)(H,31,36). The van der Waals surface area contributed by atoms with E-state index in [0.717, 1.165) is 69.9 Å². The van der Waals surface area contributed by atoms with Crippen molar-refractivity contribution < 1.29 is 9.59 Å². The zero-order valence-corrected chi connectivity index (χ0v) is 22.6. The summed E-state index contributed by atoms with van der Waals surface area (Å²) in [6, 6.07) is 13.1. The van der Waals surface area contributed by atoms with Gasteiger partial charge in [0.25, 0.3) is 11.8 Å². The molecule has 0 radical (unpaired) electrons. The van der Waals surface area contributed by atoms with E-state index in [1.165, 1.54) is 0 Å². The first kappa shape index (κ1) is 29.3. The summed E-state index contributed by atoms with van der Waals surface area (Å²) in [7, 11) is 2.09. The van der Waals surface area contributed by atoms with Gasteiger partial charge in [0.1, 0.15) is 0 Å². The van der Waals surface area contributed by atoms with Crippen molar-refractivity contribution in [2.24, 2.45) is 5.84 Å². The molecule has 0 saturated heterocycles. The summed E-state index contributed by atoms with van der Waals surface area (Å²) in [5.41, 5.74) is 5.53. The summed E-state index contributed by atoms with van der Waals surface area (Å²) in [6.45, 7) is 15.2. The number of nitrogens with one attached hydrogen (secondary N) is 2. The number of amides is 2. The zero-order chi connectivity index (χ0) is 26.5. The van der Waals surface area contributed by atoms with Crippen molar-refractivity contribution in [2.45, 2.75) is 47.1 Å². The van der Waals surface area contributed by atoms with Gasteiger partial charge in [-0.1, -0.05) is 39.8 Å².